The Balaban J connectivity index is 1.62. The number of anilines is 1. The number of ether oxygens (including phenoxy) is 1. The predicted octanol–water partition coefficient (Wildman–Crippen LogP) is 6.74. The SMILES string of the molecule is CCOc1ccc(N2C(=O)C(O)=C(C(=O)c3cc4ccccc4o3)C2c2ccc(C(C)C)cc2)cc1. The molecule has 0 radical (unpaired) electrons. The molecule has 0 saturated heterocycles. The number of ketones is 1. The second kappa shape index (κ2) is 9.38. The van der Waals surface area contributed by atoms with Crippen LogP contribution in [0.3, 0.4) is 0 Å². The van der Waals surface area contributed by atoms with Crippen LogP contribution in [0, 0.1) is 0 Å². The van der Waals surface area contributed by atoms with Gasteiger partial charge in [-0.25, -0.2) is 0 Å². The van der Waals surface area contributed by atoms with Crippen molar-refractivity contribution in [1.29, 1.82) is 0 Å². The maximum absolute atomic E-state index is 13.7. The molecule has 0 saturated carbocycles. The lowest BCUT2D eigenvalue weighted by atomic mass is 9.92. The van der Waals surface area contributed by atoms with Crippen LogP contribution in [-0.2, 0) is 4.79 Å². The summed E-state index contributed by atoms with van der Waals surface area (Å²) in [4.78, 5) is 28.6. The number of nitrogens with zero attached hydrogens (tertiary/aromatic N) is 1. The Morgan fingerprint density at radius 1 is 1.03 bits per heavy atom. The zero-order valence-corrected chi connectivity index (χ0v) is 20.4. The lowest BCUT2D eigenvalue weighted by molar-refractivity contribution is -0.117. The summed E-state index contributed by atoms with van der Waals surface area (Å²) in [6.07, 6.45) is 0. The Labute approximate surface area is 209 Å². The molecule has 5 rings (SSSR count). The largest absolute Gasteiger partial charge is 0.503 e. The van der Waals surface area contributed by atoms with Crippen molar-refractivity contribution in [3.05, 3.63) is 107 Å². The summed E-state index contributed by atoms with van der Waals surface area (Å²) >= 11 is 0. The molecule has 6 heteroatoms. The summed E-state index contributed by atoms with van der Waals surface area (Å²) in [6.45, 7) is 6.61. The van der Waals surface area contributed by atoms with E-state index in [1.54, 1.807) is 36.4 Å². The van der Waals surface area contributed by atoms with Crippen LogP contribution in [0.15, 0.2) is 94.6 Å². The van der Waals surface area contributed by atoms with Gasteiger partial charge in [-0.05, 0) is 60.4 Å². The van der Waals surface area contributed by atoms with E-state index in [-0.39, 0.29) is 11.3 Å². The third-order valence-corrected chi connectivity index (χ3v) is 6.45. The zero-order chi connectivity index (χ0) is 25.4. The normalized spacial score (nSPS) is 15.8. The number of rotatable bonds is 7. The third-order valence-electron chi connectivity index (χ3n) is 6.45. The van der Waals surface area contributed by atoms with Gasteiger partial charge in [0.25, 0.3) is 5.91 Å². The van der Waals surface area contributed by atoms with Crippen molar-refractivity contribution in [1.82, 2.24) is 0 Å². The van der Waals surface area contributed by atoms with Crippen LogP contribution in [-0.4, -0.2) is 23.4 Å². The van der Waals surface area contributed by atoms with Crippen LogP contribution in [0.5, 0.6) is 5.75 Å². The van der Waals surface area contributed by atoms with E-state index in [0.717, 1.165) is 10.9 Å². The smallest absolute Gasteiger partial charge is 0.294 e. The molecule has 1 aromatic heterocycles. The molecule has 3 aromatic carbocycles. The van der Waals surface area contributed by atoms with Crippen molar-refractivity contribution in [2.45, 2.75) is 32.7 Å². The van der Waals surface area contributed by atoms with Gasteiger partial charge in [0.05, 0.1) is 18.2 Å². The first-order valence-corrected chi connectivity index (χ1v) is 12.0. The number of amides is 1. The van der Waals surface area contributed by atoms with Crippen molar-refractivity contribution >= 4 is 28.3 Å². The average Bonchev–Trinajstić information content (AvgIpc) is 3.44. The third kappa shape index (κ3) is 4.05. The summed E-state index contributed by atoms with van der Waals surface area (Å²) in [5.41, 5.74) is 2.94. The molecule has 1 aliphatic heterocycles. The Hall–Kier alpha value is -4.32. The molecule has 4 aromatic rings. The van der Waals surface area contributed by atoms with E-state index in [2.05, 4.69) is 13.8 Å². The molecule has 1 amide bonds. The Kier molecular flexibility index (Phi) is 6.10. The Morgan fingerprint density at radius 3 is 2.36 bits per heavy atom. The van der Waals surface area contributed by atoms with Gasteiger partial charge in [-0.2, -0.15) is 0 Å². The summed E-state index contributed by atoms with van der Waals surface area (Å²) in [7, 11) is 0. The van der Waals surface area contributed by atoms with Crippen molar-refractivity contribution < 1.29 is 23.8 Å². The van der Waals surface area contributed by atoms with Crippen molar-refractivity contribution in [2.75, 3.05) is 11.5 Å². The number of furan rings is 1. The highest BCUT2D eigenvalue weighted by molar-refractivity contribution is 6.20. The summed E-state index contributed by atoms with van der Waals surface area (Å²) in [6, 6.07) is 22.9. The van der Waals surface area contributed by atoms with Gasteiger partial charge < -0.3 is 14.3 Å². The highest BCUT2D eigenvalue weighted by Gasteiger charge is 2.45. The molecule has 1 N–H and O–H groups in total. The second-order valence-corrected chi connectivity index (χ2v) is 9.07. The van der Waals surface area contributed by atoms with E-state index in [1.165, 1.54) is 4.90 Å². The maximum atomic E-state index is 13.7. The first-order valence-electron chi connectivity index (χ1n) is 12.0. The van der Waals surface area contributed by atoms with E-state index >= 15 is 0 Å². The number of aliphatic hydroxyl groups is 1. The van der Waals surface area contributed by atoms with Gasteiger partial charge in [-0.3, -0.25) is 14.5 Å². The quantitative estimate of drug-likeness (QED) is 0.296. The molecule has 1 aliphatic rings. The number of benzene rings is 3. The van der Waals surface area contributed by atoms with Gasteiger partial charge in [-0.1, -0.05) is 56.3 Å². The number of Topliss-reactive ketones (excluding diaryl/α,β-unsaturated/α-hetero) is 1. The van der Waals surface area contributed by atoms with E-state index in [1.807, 2.05) is 49.4 Å². The second-order valence-electron chi connectivity index (χ2n) is 9.07. The van der Waals surface area contributed by atoms with Crippen LogP contribution < -0.4 is 9.64 Å². The van der Waals surface area contributed by atoms with Crippen LogP contribution in [0.2, 0.25) is 0 Å². The van der Waals surface area contributed by atoms with Crippen LogP contribution in [0.4, 0.5) is 5.69 Å². The first-order chi connectivity index (χ1) is 17.4. The lowest BCUT2D eigenvalue weighted by Crippen LogP contribution is -2.31. The van der Waals surface area contributed by atoms with Crippen molar-refractivity contribution in [3.63, 3.8) is 0 Å². The number of para-hydroxylation sites is 1. The average molecular weight is 482 g/mol. The predicted molar refractivity (Wildman–Crippen MR) is 139 cm³/mol. The minimum Gasteiger partial charge on any atom is -0.503 e. The molecule has 6 nitrogen and oxygen atoms in total. The zero-order valence-electron chi connectivity index (χ0n) is 20.4. The van der Waals surface area contributed by atoms with Gasteiger partial charge in [0, 0.05) is 11.1 Å². The minimum atomic E-state index is -0.822. The van der Waals surface area contributed by atoms with E-state index in [4.69, 9.17) is 9.15 Å². The first kappa shape index (κ1) is 23.4. The van der Waals surface area contributed by atoms with Crippen molar-refractivity contribution in [2.24, 2.45) is 0 Å². The number of aliphatic hydroxyl groups excluding tert-OH is 1. The highest BCUT2D eigenvalue weighted by Crippen LogP contribution is 2.43. The van der Waals surface area contributed by atoms with Gasteiger partial charge >= 0.3 is 0 Å². The Morgan fingerprint density at radius 2 is 1.72 bits per heavy atom. The number of fused-ring (bicyclic) bond motifs is 1. The molecule has 36 heavy (non-hydrogen) atoms. The number of carbonyl (C=O) groups excluding carboxylic acids is 2. The monoisotopic (exact) mass is 481 g/mol. The number of hydrogen-bond donors (Lipinski definition) is 1. The molecular formula is C30H27NO5. The highest BCUT2D eigenvalue weighted by atomic mass is 16.5. The standard InChI is InChI=1S/C30H27NO5/c1-4-35-23-15-13-22(14-16-23)31-27(20-11-9-19(10-12-20)18(2)3)26(29(33)30(31)34)28(32)25-17-21-7-5-6-8-24(21)36-25/h5-18,27,33H,4H2,1-3H3. The molecular weight excluding hydrogens is 454 g/mol. The van der Waals surface area contributed by atoms with Crippen LogP contribution >= 0.6 is 0 Å². The van der Waals surface area contributed by atoms with E-state index in [0.29, 0.717) is 35.1 Å². The summed E-state index contributed by atoms with van der Waals surface area (Å²) < 4.78 is 11.3. The topological polar surface area (TPSA) is 80.0 Å². The molecule has 0 spiro atoms. The molecule has 1 unspecified atom stereocenters. The number of hydrogen-bond acceptors (Lipinski definition) is 5. The molecule has 0 aliphatic carbocycles. The van der Waals surface area contributed by atoms with Crippen LogP contribution in [0.25, 0.3) is 11.0 Å². The molecule has 2 heterocycles. The fourth-order valence-corrected chi connectivity index (χ4v) is 4.58. The fourth-order valence-electron chi connectivity index (χ4n) is 4.58. The lowest BCUT2D eigenvalue weighted by Gasteiger charge is -2.27. The molecule has 0 fully saturated rings. The summed E-state index contributed by atoms with van der Waals surface area (Å²) in [5.74, 6) is -0.677. The summed E-state index contributed by atoms with van der Waals surface area (Å²) in [5, 5.41) is 11.8. The molecule has 0 bridgehead atoms. The molecule has 1 atom stereocenters. The molecule has 182 valence electrons. The van der Waals surface area contributed by atoms with Gasteiger partial charge in [0.2, 0.25) is 5.78 Å². The Bertz CT molecular complexity index is 1430. The van der Waals surface area contributed by atoms with Gasteiger partial charge in [-0.15, -0.1) is 0 Å². The van der Waals surface area contributed by atoms with E-state index < -0.39 is 23.5 Å². The van der Waals surface area contributed by atoms with Gasteiger partial charge in [0.15, 0.2) is 11.5 Å². The maximum Gasteiger partial charge on any atom is 0.294 e. The fraction of sp³-hybridized carbons (Fsp3) is 0.200. The number of carbonyl (C=O) groups is 2. The van der Waals surface area contributed by atoms with E-state index in [9.17, 15) is 14.7 Å². The van der Waals surface area contributed by atoms with Crippen molar-refractivity contribution in [3.8, 4) is 5.75 Å². The van der Waals surface area contributed by atoms with Gasteiger partial charge in [0.1, 0.15) is 11.3 Å². The van der Waals surface area contributed by atoms with Crippen LogP contribution in [0.1, 0.15) is 54.4 Å². The minimum absolute atomic E-state index is 0.00904.